The highest BCUT2D eigenvalue weighted by Crippen LogP contribution is 2.17. The first-order valence-corrected chi connectivity index (χ1v) is 6.87. The quantitative estimate of drug-likeness (QED) is 0.654. The van der Waals surface area contributed by atoms with Crippen LogP contribution < -0.4 is 0 Å². The van der Waals surface area contributed by atoms with Gasteiger partial charge in [-0.25, -0.2) is 4.79 Å². The van der Waals surface area contributed by atoms with E-state index in [4.69, 9.17) is 0 Å². The molecule has 1 atom stereocenters. The maximum atomic E-state index is 11.9. The molecule has 0 N–H and O–H groups in total. The van der Waals surface area contributed by atoms with Crippen molar-refractivity contribution in [2.45, 2.75) is 31.7 Å². The number of likely N-dealkylation sites (tertiary alicyclic amines) is 2. The van der Waals surface area contributed by atoms with Crippen molar-refractivity contribution in [1.82, 2.24) is 14.7 Å². The third kappa shape index (κ3) is 3.17. The molecular weight excluding hydrogens is 226 g/mol. The molecule has 0 unspecified atom stereocenters. The molecule has 0 aromatic heterocycles. The molecule has 0 spiro atoms. The van der Waals surface area contributed by atoms with E-state index in [1.54, 1.807) is 19.0 Å². The van der Waals surface area contributed by atoms with Crippen LogP contribution >= 0.6 is 0 Å². The fourth-order valence-electron chi connectivity index (χ4n) is 2.62. The first-order chi connectivity index (χ1) is 8.68. The van der Waals surface area contributed by atoms with Crippen molar-refractivity contribution in [3.63, 3.8) is 0 Å². The lowest BCUT2D eigenvalue weighted by molar-refractivity contribution is 0.174. The number of amides is 2. The fourth-order valence-corrected chi connectivity index (χ4v) is 2.62. The maximum Gasteiger partial charge on any atom is 0.320 e. The molecule has 100 valence electrons. The SMILES string of the molecule is CN(C)C(=O)N1CCC[C@@H]1C#CCN1CCCC1. The summed E-state index contributed by atoms with van der Waals surface area (Å²) in [6, 6.07) is 0.218. The molecule has 0 saturated carbocycles. The highest BCUT2D eigenvalue weighted by Gasteiger charge is 2.28. The Hall–Kier alpha value is -1.21. The molecule has 0 aromatic rings. The van der Waals surface area contributed by atoms with Gasteiger partial charge in [-0.15, -0.1) is 0 Å². The summed E-state index contributed by atoms with van der Waals surface area (Å²) < 4.78 is 0. The third-order valence-electron chi connectivity index (χ3n) is 3.65. The van der Waals surface area contributed by atoms with Crippen molar-refractivity contribution in [2.24, 2.45) is 0 Å². The van der Waals surface area contributed by atoms with Crippen molar-refractivity contribution in [3.8, 4) is 11.8 Å². The predicted molar refractivity (Wildman–Crippen MR) is 72.3 cm³/mol. The Morgan fingerprint density at radius 3 is 2.61 bits per heavy atom. The molecule has 0 aromatic carbocycles. The van der Waals surface area contributed by atoms with E-state index >= 15 is 0 Å². The molecular formula is C14H23N3O. The smallest absolute Gasteiger partial charge is 0.320 e. The number of carbonyl (C=O) groups is 1. The summed E-state index contributed by atoms with van der Waals surface area (Å²) in [6.07, 6.45) is 4.70. The first-order valence-electron chi connectivity index (χ1n) is 6.87. The van der Waals surface area contributed by atoms with Crippen LogP contribution in [0, 0.1) is 11.8 Å². The summed E-state index contributed by atoms with van der Waals surface area (Å²) in [5.41, 5.74) is 0. The lowest BCUT2D eigenvalue weighted by Crippen LogP contribution is -2.41. The molecule has 2 fully saturated rings. The molecule has 4 nitrogen and oxygen atoms in total. The fraction of sp³-hybridized carbons (Fsp3) is 0.786. The Balaban J connectivity index is 1.87. The maximum absolute atomic E-state index is 11.9. The van der Waals surface area contributed by atoms with Crippen molar-refractivity contribution in [2.75, 3.05) is 40.3 Å². The van der Waals surface area contributed by atoms with Gasteiger partial charge < -0.3 is 9.80 Å². The Kier molecular flexibility index (Phi) is 4.48. The monoisotopic (exact) mass is 249 g/mol. The number of hydrogen-bond donors (Lipinski definition) is 0. The summed E-state index contributed by atoms with van der Waals surface area (Å²) in [7, 11) is 3.60. The summed E-state index contributed by atoms with van der Waals surface area (Å²) in [6.45, 7) is 4.07. The Labute approximate surface area is 110 Å². The topological polar surface area (TPSA) is 26.8 Å². The van der Waals surface area contributed by atoms with E-state index in [2.05, 4.69) is 16.7 Å². The highest BCUT2D eigenvalue weighted by molar-refractivity contribution is 5.75. The number of nitrogens with zero attached hydrogens (tertiary/aromatic N) is 3. The van der Waals surface area contributed by atoms with E-state index in [0.717, 1.165) is 25.9 Å². The number of hydrogen-bond acceptors (Lipinski definition) is 2. The third-order valence-corrected chi connectivity index (χ3v) is 3.65. The zero-order valence-corrected chi connectivity index (χ0v) is 11.5. The van der Waals surface area contributed by atoms with E-state index in [0.29, 0.717) is 0 Å². The van der Waals surface area contributed by atoms with E-state index in [9.17, 15) is 4.79 Å². The molecule has 0 radical (unpaired) electrons. The molecule has 0 aliphatic carbocycles. The summed E-state index contributed by atoms with van der Waals surface area (Å²) in [5.74, 6) is 6.54. The molecule has 0 bridgehead atoms. The average molecular weight is 249 g/mol. The van der Waals surface area contributed by atoms with Gasteiger partial charge in [0.05, 0.1) is 12.6 Å². The van der Waals surface area contributed by atoms with Gasteiger partial charge in [0.1, 0.15) is 0 Å². The van der Waals surface area contributed by atoms with Gasteiger partial charge in [-0.1, -0.05) is 11.8 Å². The minimum absolute atomic E-state index is 0.0907. The second-order valence-corrected chi connectivity index (χ2v) is 5.33. The van der Waals surface area contributed by atoms with Crippen LogP contribution in [0.5, 0.6) is 0 Å². The van der Waals surface area contributed by atoms with E-state index in [1.807, 2.05) is 4.90 Å². The van der Waals surface area contributed by atoms with Crippen LogP contribution in [0.25, 0.3) is 0 Å². The minimum Gasteiger partial charge on any atom is -0.331 e. The molecule has 2 rings (SSSR count). The van der Waals surface area contributed by atoms with Crippen LogP contribution in [-0.4, -0.2) is 67.0 Å². The van der Waals surface area contributed by atoms with Crippen molar-refractivity contribution >= 4 is 6.03 Å². The van der Waals surface area contributed by atoms with Crippen molar-refractivity contribution in [3.05, 3.63) is 0 Å². The number of carbonyl (C=O) groups excluding carboxylic acids is 1. The van der Waals surface area contributed by atoms with E-state index < -0.39 is 0 Å². The summed E-state index contributed by atoms with van der Waals surface area (Å²) in [4.78, 5) is 17.9. The van der Waals surface area contributed by atoms with Gasteiger partial charge in [-0.05, 0) is 38.8 Å². The average Bonchev–Trinajstić information content (AvgIpc) is 2.98. The largest absolute Gasteiger partial charge is 0.331 e. The first kappa shape index (κ1) is 13.2. The molecule has 18 heavy (non-hydrogen) atoms. The Bertz CT molecular complexity index is 350. The van der Waals surface area contributed by atoms with Crippen molar-refractivity contribution < 1.29 is 4.79 Å². The summed E-state index contributed by atoms with van der Waals surface area (Å²) >= 11 is 0. The van der Waals surface area contributed by atoms with Gasteiger partial charge in [0, 0.05) is 20.6 Å². The lowest BCUT2D eigenvalue weighted by Gasteiger charge is -2.24. The number of rotatable bonds is 1. The normalized spacial score (nSPS) is 23.9. The van der Waals surface area contributed by atoms with E-state index in [-0.39, 0.29) is 12.1 Å². The van der Waals surface area contributed by atoms with Gasteiger partial charge in [0.15, 0.2) is 0 Å². The molecule has 2 heterocycles. The number of urea groups is 1. The predicted octanol–water partition coefficient (Wildman–Crippen LogP) is 1.23. The molecule has 2 aliphatic heterocycles. The van der Waals surface area contributed by atoms with Gasteiger partial charge >= 0.3 is 6.03 Å². The minimum atomic E-state index is 0.0907. The van der Waals surface area contributed by atoms with Gasteiger partial charge in [0.25, 0.3) is 0 Å². The van der Waals surface area contributed by atoms with Crippen LogP contribution in [0.4, 0.5) is 4.79 Å². The second-order valence-electron chi connectivity index (χ2n) is 5.33. The van der Waals surface area contributed by atoms with Crippen LogP contribution in [-0.2, 0) is 0 Å². The van der Waals surface area contributed by atoms with Gasteiger partial charge in [0.2, 0.25) is 0 Å². The van der Waals surface area contributed by atoms with Crippen LogP contribution in [0.1, 0.15) is 25.7 Å². The highest BCUT2D eigenvalue weighted by atomic mass is 16.2. The van der Waals surface area contributed by atoms with Crippen LogP contribution in [0.2, 0.25) is 0 Å². The second kappa shape index (κ2) is 6.10. The van der Waals surface area contributed by atoms with Crippen LogP contribution in [0.15, 0.2) is 0 Å². The molecule has 2 aliphatic rings. The van der Waals surface area contributed by atoms with Crippen LogP contribution in [0.3, 0.4) is 0 Å². The molecule has 2 saturated heterocycles. The van der Waals surface area contributed by atoms with E-state index in [1.165, 1.54) is 25.9 Å². The molecule has 2 amide bonds. The molecule has 4 heteroatoms. The lowest BCUT2D eigenvalue weighted by atomic mass is 10.2. The van der Waals surface area contributed by atoms with Gasteiger partial charge in [-0.2, -0.15) is 0 Å². The zero-order chi connectivity index (χ0) is 13.0. The Morgan fingerprint density at radius 1 is 1.22 bits per heavy atom. The Morgan fingerprint density at radius 2 is 1.94 bits per heavy atom. The van der Waals surface area contributed by atoms with Gasteiger partial charge in [-0.3, -0.25) is 4.90 Å². The standard InChI is InChI=1S/C14H23N3O/c1-15(2)14(18)17-12-6-8-13(17)7-5-11-16-9-3-4-10-16/h13H,3-4,6,8-12H2,1-2H3/t13-/m0/s1. The zero-order valence-electron chi connectivity index (χ0n) is 11.5. The van der Waals surface area contributed by atoms with Crippen molar-refractivity contribution in [1.29, 1.82) is 0 Å². The summed E-state index contributed by atoms with van der Waals surface area (Å²) in [5, 5.41) is 0.